The second-order valence-corrected chi connectivity index (χ2v) is 6.22. The van der Waals surface area contributed by atoms with Crippen LogP contribution in [0.1, 0.15) is 31.1 Å². The number of hydrogen-bond donors (Lipinski definition) is 1. The van der Waals surface area contributed by atoms with Crippen LogP contribution in [-0.2, 0) is 4.74 Å². The van der Waals surface area contributed by atoms with Gasteiger partial charge in [0, 0.05) is 17.5 Å². The van der Waals surface area contributed by atoms with Crippen LogP contribution in [0.25, 0.3) is 0 Å². The van der Waals surface area contributed by atoms with Gasteiger partial charge < -0.3 is 14.8 Å². The summed E-state index contributed by atoms with van der Waals surface area (Å²) in [6, 6.07) is 7.31. The molecule has 0 spiro atoms. The lowest BCUT2D eigenvalue weighted by Crippen LogP contribution is -2.48. The monoisotopic (exact) mass is 277 g/mol. The van der Waals surface area contributed by atoms with Crippen LogP contribution in [-0.4, -0.2) is 32.3 Å². The zero-order chi connectivity index (χ0) is 14.6. The van der Waals surface area contributed by atoms with Crippen molar-refractivity contribution >= 4 is 5.91 Å². The smallest absolute Gasteiger partial charge is 0.251 e. The van der Waals surface area contributed by atoms with Gasteiger partial charge in [0.05, 0.1) is 19.8 Å². The largest absolute Gasteiger partial charge is 0.493 e. The Morgan fingerprint density at radius 3 is 2.80 bits per heavy atom. The summed E-state index contributed by atoms with van der Waals surface area (Å²) in [7, 11) is 0. The van der Waals surface area contributed by atoms with Gasteiger partial charge in [-0.2, -0.15) is 0 Å². The van der Waals surface area contributed by atoms with Gasteiger partial charge in [-0.25, -0.2) is 0 Å². The van der Waals surface area contributed by atoms with E-state index in [1.807, 2.05) is 12.1 Å². The van der Waals surface area contributed by atoms with Gasteiger partial charge in [0.15, 0.2) is 0 Å². The maximum atomic E-state index is 12.1. The summed E-state index contributed by atoms with van der Waals surface area (Å²) in [6.45, 7) is 9.02. The average Bonchev–Trinajstić information content (AvgIpc) is 2.40. The lowest BCUT2D eigenvalue weighted by atomic mass is 9.88. The minimum atomic E-state index is -0.0619. The Bertz CT molecular complexity index is 467. The molecule has 1 fully saturated rings. The van der Waals surface area contributed by atoms with Crippen molar-refractivity contribution in [2.24, 2.45) is 11.3 Å². The Labute approximate surface area is 120 Å². The molecule has 0 aliphatic carbocycles. The van der Waals surface area contributed by atoms with Crippen LogP contribution in [0.15, 0.2) is 24.3 Å². The Kier molecular flexibility index (Phi) is 4.65. The molecule has 0 aromatic heterocycles. The molecule has 0 bridgehead atoms. The Hall–Kier alpha value is -1.55. The molecular weight excluding hydrogens is 254 g/mol. The highest BCUT2D eigenvalue weighted by molar-refractivity contribution is 5.94. The Balaban J connectivity index is 1.90. The van der Waals surface area contributed by atoms with Crippen LogP contribution in [0.2, 0.25) is 0 Å². The van der Waals surface area contributed by atoms with Crippen molar-refractivity contribution in [3.8, 4) is 5.75 Å². The molecule has 1 aliphatic rings. The van der Waals surface area contributed by atoms with E-state index < -0.39 is 0 Å². The fourth-order valence-corrected chi connectivity index (χ4v) is 1.94. The van der Waals surface area contributed by atoms with Crippen molar-refractivity contribution < 1.29 is 14.3 Å². The summed E-state index contributed by atoms with van der Waals surface area (Å²) in [6.07, 6.45) is 0. The fourth-order valence-electron chi connectivity index (χ4n) is 1.94. The van der Waals surface area contributed by atoms with Crippen molar-refractivity contribution in [1.29, 1.82) is 0 Å². The van der Waals surface area contributed by atoms with Crippen molar-refractivity contribution in [2.75, 3.05) is 26.4 Å². The summed E-state index contributed by atoms with van der Waals surface area (Å²) in [5.41, 5.74) is 0.719. The van der Waals surface area contributed by atoms with Gasteiger partial charge in [-0.3, -0.25) is 4.79 Å². The molecule has 0 atom stereocenters. The third-order valence-corrected chi connectivity index (χ3v) is 3.26. The molecule has 0 radical (unpaired) electrons. The molecule has 4 nitrogen and oxygen atoms in total. The lowest BCUT2D eigenvalue weighted by Gasteiger charge is -2.38. The summed E-state index contributed by atoms with van der Waals surface area (Å²) < 4.78 is 10.8. The van der Waals surface area contributed by atoms with Gasteiger partial charge in [0.2, 0.25) is 0 Å². The molecule has 20 heavy (non-hydrogen) atoms. The topological polar surface area (TPSA) is 47.6 Å². The molecule has 2 rings (SSSR count). The highest BCUT2D eigenvalue weighted by atomic mass is 16.5. The van der Waals surface area contributed by atoms with Crippen LogP contribution in [0.4, 0.5) is 0 Å². The molecule has 1 aromatic carbocycles. The van der Waals surface area contributed by atoms with E-state index in [0.717, 1.165) is 5.75 Å². The first-order valence-corrected chi connectivity index (χ1v) is 7.07. The first-order chi connectivity index (χ1) is 9.48. The normalized spacial score (nSPS) is 16.6. The number of carbonyl (C=O) groups excluding carboxylic acids is 1. The minimum absolute atomic E-state index is 0.0619. The molecule has 1 saturated heterocycles. The standard InChI is InChI=1S/C16H23NO3/c1-12(2)8-20-14-6-4-5-13(7-14)15(18)17-9-16(3)10-19-11-16/h4-7,12H,8-11H2,1-3H3,(H,17,18). The molecule has 110 valence electrons. The Morgan fingerprint density at radius 2 is 2.20 bits per heavy atom. The van der Waals surface area contributed by atoms with Gasteiger partial charge in [-0.05, 0) is 24.1 Å². The second-order valence-electron chi connectivity index (χ2n) is 6.22. The molecule has 1 N–H and O–H groups in total. The van der Waals surface area contributed by atoms with Crippen molar-refractivity contribution in [3.05, 3.63) is 29.8 Å². The minimum Gasteiger partial charge on any atom is -0.493 e. The summed E-state index contributed by atoms with van der Waals surface area (Å²) in [5.74, 6) is 1.14. The second kappa shape index (κ2) is 6.27. The maximum absolute atomic E-state index is 12.1. The van der Waals surface area contributed by atoms with Gasteiger partial charge >= 0.3 is 0 Å². The van der Waals surface area contributed by atoms with Gasteiger partial charge in [0.25, 0.3) is 5.91 Å². The van der Waals surface area contributed by atoms with E-state index in [9.17, 15) is 4.79 Å². The van der Waals surface area contributed by atoms with E-state index in [4.69, 9.17) is 9.47 Å². The first-order valence-electron chi connectivity index (χ1n) is 7.07. The number of nitrogens with one attached hydrogen (secondary N) is 1. The third kappa shape index (κ3) is 3.97. The van der Waals surface area contributed by atoms with Crippen LogP contribution in [0.5, 0.6) is 5.75 Å². The molecule has 0 saturated carbocycles. The van der Waals surface area contributed by atoms with Crippen molar-refractivity contribution in [1.82, 2.24) is 5.32 Å². The van der Waals surface area contributed by atoms with Crippen LogP contribution in [0.3, 0.4) is 0 Å². The van der Waals surface area contributed by atoms with Gasteiger partial charge in [-0.15, -0.1) is 0 Å². The van der Waals surface area contributed by atoms with Gasteiger partial charge in [0.1, 0.15) is 5.75 Å². The number of rotatable bonds is 6. The van der Waals surface area contributed by atoms with E-state index in [-0.39, 0.29) is 11.3 Å². The number of ether oxygens (including phenoxy) is 2. The van der Waals surface area contributed by atoms with E-state index >= 15 is 0 Å². The number of hydrogen-bond acceptors (Lipinski definition) is 3. The highest BCUT2D eigenvalue weighted by Gasteiger charge is 2.33. The van der Waals surface area contributed by atoms with Crippen LogP contribution in [0, 0.1) is 11.3 Å². The van der Waals surface area contributed by atoms with Crippen molar-refractivity contribution in [3.63, 3.8) is 0 Å². The van der Waals surface area contributed by atoms with Crippen molar-refractivity contribution in [2.45, 2.75) is 20.8 Å². The third-order valence-electron chi connectivity index (χ3n) is 3.26. The fraction of sp³-hybridized carbons (Fsp3) is 0.562. The summed E-state index contributed by atoms with van der Waals surface area (Å²) >= 11 is 0. The highest BCUT2D eigenvalue weighted by Crippen LogP contribution is 2.25. The number of carbonyl (C=O) groups is 1. The molecular formula is C16H23NO3. The summed E-state index contributed by atoms with van der Waals surface area (Å²) in [5, 5.41) is 2.96. The average molecular weight is 277 g/mol. The lowest BCUT2D eigenvalue weighted by molar-refractivity contribution is -0.0978. The predicted octanol–water partition coefficient (Wildman–Crippen LogP) is 2.49. The van der Waals surface area contributed by atoms with E-state index in [1.54, 1.807) is 12.1 Å². The Morgan fingerprint density at radius 1 is 1.45 bits per heavy atom. The molecule has 1 aromatic rings. The molecule has 4 heteroatoms. The molecule has 0 unspecified atom stereocenters. The predicted molar refractivity (Wildman–Crippen MR) is 78.0 cm³/mol. The maximum Gasteiger partial charge on any atom is 0.251 e. The van der Waals surface area contributed by atoms with E-state index in [2.05, 4.69) is 26.1 Å². The molecule has 1 heterocycles. The van der Waals surface area contributed by atoms with Crippen LogP contribution >= 0.6 is 0 Å². The zero-order valence-corrected chi connectivity index (χ0v) is 12.4. The first kappa shape index (κ1) is 14.9. The van der Waals surface area contributed by atoms with Gasteiger partial charge in [-0.1, -0.05) is 26.8 Å². The van der Waals surface area contributed by atoms with Crippen LogP contribution < -0.4 is 10.1 Å². The number of benzene rings is 1. The summed E-state index contributed by atoms with van der Waals surface area (Å²) in [4.78, 5) is 12.1. The SMILES string of the molecule is CC(C)COc1cccc(C(=O)NCC2(C)COC2)c1. The molecule has 1 amide bonds. The zero-order valence-electron chi connectivity index (χ0n) is 12.4. The van der Waals surface area contributed by atoms with E-state index in [0.29, 0.717) is 37.8 Å². The number of amides is 1. The van der Waals surface area contributed by atoms with E-state index in [1.165, 1.54) is 0 Å². The quantitative estimate of drug-likeness (QED) is 0.869. The molecule has 1 aliphatic heterocycles.